The molecular weight excluding hydrogens is 360 g/mol. The maximum atomic E-state index is 12.9. The van der Waals surface area contributed by atoms with Gasteiger partial charge in [-0.1, -0.05) is 6.07 Å². The number of aryl methyl sites for hydroxylation is 2. The zero-order chi connectivity index (χ0) is 20.6. The van der Waals surface area contributed by atoms with Crippen molar-refractivity contribution in [3.05, 3.63) is 40.7 Å². The maximum absolute atomic E-state index is 12.9. The molecule has 0 bridgehead atoms. The third-order valence-electron chi connectivity index (χ3n) is 4.46. The molecule has 0 radical (unpaired) electrons. The molecule has 0 atom stereocenters. The molecule has 1 aliphatic rings. The lowest BCUT2D eigenvalue weighted by Gasteiger charge is -2.29. The van der Waals surface area contributed by atoms with Gasteiger partial charge in [-0.2, -0.15) is 5.10 Å². The fourth-order valence-corrected chi connectivity index (χ4v) is 3.20. The monoisotopic (exact) mass is 386 g/mol. The summed E-state index contributed by atoms with van der Waals surface area (Å²) in [6.07, 6.45) is 0.135. The van der Waals surface area contributed by atoms with Gasteiger partial charge in [0.15, 0.2) is 0 Å². The number of phenolic OH excluding ortho intramolecular Hbond substituents is 1. The van der Waals surface area contributed by atoms with E-state index in [0.717, 1.165) is 11.3 Å². The number of nitrogens with zero attached hydrogens (tertiary/aromatic N) is 3. The predicted octanol–water partition coefficient (Wildman–Crippen LogP) is 2.98. The summed E-state index contributed by atoms with van der Waals surface area (Å²) >= 11 is 0. The SMILES string of the molecule is Cc1ccc(NC(=O)c2c3c(nn2C)CCN(C(=O)OC(C)(C)C)C3)c(O)c1. The highest BCUT2D eigenvalue weighted by molar-refractivity contribution is 6.05. The van der Waals surface area contributed by atoms with Gasteiger partial charge < -0.3 is 20.1 Å². The first-order chi connectivity index (χ1) is 13.0. The first kappa shape index (κ1) is 19.7. The van der Waals surface area contributed by atoms with Crippen molar-refractivity contribution in [1.82, 2.24) is 14.7 Å². The first-order valence-corrected chi connectivity index (χ1v) is 9.19. The lowest BCUT2D eigenvalue weighted by molar-refractivity contribution is 0.0222. The number of rotatable bonds is 2. The van der Waals surface area contributed by atoms with Crippen LogP contribution in [0.5, 0.6) is 5.75 Å². The second-order valence-electron chi connectivity index (χ2n) is 8.02. The molecule has 8 heteroatoms. The molecule has 8 nitrogen and oxygen atoms in total. The topological polar surface area (TPSA) is 96.7 Å². The first-order valence-electron chi connectivity index (χ1n) is 9.19. The van der Waals surface area contributed by atoms with Crippen LogP contribution in [-0.4, -0.2) is 43.9 Å². The maximum Gasteiger partial charge on any atom is 0.410 e. The minimum absolute atomic E-state index is 0.000215. The molecule has 0 aliphatic carbocycles. The van der Waals surface area contributed by atoms with Crippen LogP contribution in [0, 0.1) is 6.92 Å². The molecule has 2 heterocycles. The van der Waals surface area contributed by atoms with Crippen molar-refractivity contribution in [2.45, 2.75) is 46.3 Å². The zero-order valence-electron chi connectivity index (χ0n) is 16.9. The summed E-state index contributed by atoms with van der Waals surface area (Å²) in [5.41, 5.74) is 2.48. The second-order valence-corrected chi connectivity index (χ2v) is 8.02. The van der Waals surface area contributed by atoms with Gasteiger partial charge in [0.2, 0.25) is 0 Å². The molecule has 2 aromatic rings. The van der Waals surface area contributed by atoms with Crippen molar-refractivity contribution >= 4 is 17.7 Å². The highest BCUT2D eigenvalue weighted by Crippen LogP contribution is 2.27. The molecule has 28 heavy (non-hydrogen) atoms. The molecule has 1 aliphatic heterocycles. The van der Waals surface area contributed by atoms with Gasteiger partial charge >= 0.3 is 6.09 Å². The molecular formula is C20H26N4O4. The third kappa shape index (κ3) is 4.11. The number of carbonyl (C=O) groups is 2. The van der Waals surface area contributed by atoms with Crippen molar-refractivity contribution in [3.8, 4) is 5.75 Å². The summed E-state index contributed by atoms with van der Waals surface area (Å²) in [5.74, 6) is -0.388. The number of carbonyl (C=O) groups excluding carboxylic acids is 2. The molecule has 2 amide bonds. The van der Waals surface area contributed by atoms with Gasteiger partial charge in [-0.3, -0.25) is 9.48 Å². The normalized spacial score (nSPS) is 13.8. The largest absolute Gasteiger partial charge is 0.506 e. The molecule has 0 unspecified atom stereocenters. The summed E-state index contributed by atoms with van der Waals surface area (Å²) in [6.45, 7) is 8.04. The summed E-state index contributed by atoms with van der Waals surface area (Å²) in [6, 6.07) is 5.04. The second kappa shape index (κ2) is 7.18. The van der Waals surface area contributed by atoms with E-state index in [1.54, 1.807) is 30.1 Å². The van der Waals surface area contributed by atoms with Gasteiger partial charge in [0.25, 0.3) is 5.91 Å². The van der Waals surface area contributed by atoms with E-state index in [1.807, 2.05) is 27.7 Å². The molecule has 150 valence electrons. The van der Waals surface area contributed by atoms with Gasteiger partial charge in [0.1, 0.15) is 17.0 Å². The van der Waals surface area contributed by atoms with Crippen LogP contribution in [0.2, 0.25) is 0 Å². The van der Waals surface area contributed by atoms with Crippen LogP contribution >= 0.6 is 0 Å². The Bertz CT molecular complexity index is 927. The van der Waals surface area contributed by atoms with Gasteiger partial charge in [-0.15, -0.1) is 0 Å². The average Bonchev–Trinajstić information content (AvgIpc) is 2.90. The predicted molar refractivity (Wildman–Crippen MR) is 104 cm³/mol. The Hall–Kier alpha value is -3.03. The Kier molecular flexibility index (Phi) is 5.06. The van der Waals surface area contributed by atoms with E-state index in [4.69, 9.17) is 4.74 Å². The number of benzene rings is 1. The van der Waals surface area contributed by atoms with Crippen molar-refractivity contribution in [2.75, 3.05) is 11.9 Å². The van der Waals surface area contributed by atoms with E-state index >= 15 is 0 Å². The van der Waals surface area contributed by atoms with Gasteiger partial charge in [0, 0.05) is 25.6 Å². The van der Waals surface area contributed by atoms with E-state index in [1.165, 1.54) is 4.68 Å². The fraction of sp³-hybridized carbons (Fsp3) is 0.450. The van der Waals surface area contributed by atoms with Crippen molar-refractivity contribution in [1.29, 1.82) is 0 Å². The van der Waals surface area contributed by atoms with Gasteiger partial charge in [0.05, 0.1) is 17.9 Å². The molecule has 1 aromatic heterocycles. The average molecular weight is 386 g/mol. The summed E-state index contributed by atoms with van der Waals surface area (Å²) < 4.78 is 6.97. The van der Waals surface area contributed by atoms with Crippen LogP contribution in [0.4, 0.5) is 10.5 Å². The molecule has 1 aromatic carbocycles. The van der Waals surface area contributed by atoms with Gasteiger partial charge in [-0.05, 0) is 45.4 Å². The number of anilines is 1. The molecule has 2 N–H and O–H groups in total. The summed E-state index contributed by atoms with van der Waals surface area (Å²) in [4.78, 5) is 26.9. The minimum Gasteiger partial charge on any atom is -0.506 e. The number of hydrogen-bond donors (Lipinski definition) is 2. The van der Waals surface area contributed by atoms with E-state index in [-0.39, 0.29) is 18.2 Å². The number of aromatic nitrogens is 2. The Balaban J connectivity index is 1.83. The Morgan fingerprint density at radius 3 is 2.64 bits per heavy atom. The molecule has 0 saturated carbocycles. The highest BCUT2D eigenvalue weighted by Gasteiger charge is 2.31. The summed E-state index contributed by atoms with van der Waals surface area (Å²) in [5, 5.41) is 17.2. The molecule has 0 saturated heterocycles. The highest BCUT2D eigenvalue weighted by atomic mass is 16.6. The summed E-state index contributed by atoms with van der Waals surface area (Å²) in [7, 11) is 1.69. The lowest BCUT2D eigenvalue weighted by Crippen LogP contribution is -2.40. The lowest BCUT2D eigenvalue weighted by atomic mass is 10.0. The van der Waals surface area contributed by atoms with Crippen molar-refractivity contribution < 1.29 is 19.4 Å². The van der Waals surface area contributed by atoms with Crippen LogP contribution in [0.3, 0.4) is 0 Å². The number of aromatic hydroxyl groups is 1. The Morgan fingerprint density at radius 1 is 1.29 bits per heavy atom. The van der Waals surface area contributed by atoms with E-state index < -0.39 is 11.7 Å². The minimum atomic E-state index is -0.588. The smallest absolute Gasteiger partial charge is 0.410 e. The number of phenols is 1. The van der Waals surface area contributed by atoms with E-state index in [9.17, 15) is 14.7 Å². The van der Waals surface area contributed by atoms with Crippen molar-refractivity contribution in [3.63, 3.8) is 0 Å². The fourth-order valence-electron chi connectivity index (χ4n) is 3.20. The van der Waals surface area contributed by atoms with Crippen molar-refractivity contribution in [2.24, 2.45) is 7.05 Å². The third-order valence-corrected chi connectivity index (χ3v) is 4.46. The standard InChI is InChI=1S/C20H26N4O4/c1-12-6-7-15(16(25)10-12)21-18(26)17-13-11-24(19(27)28-20(2,3)4)9-8-14(13)22-23(17)5/h6-7,10,25H,8-9,11H2,1-5H3,(H,21,26). The number of ether oxygens (including phenoxy) is 1. The Morgan fingerprint density at radius 2 is 2.00 bits per heavy atom. The van der Waals surface area contributed by atoms with E-state index in [0.29, 0.717) is 29.9 Å². The number of hydrogen-bond acceptors (Lipinski definition) is 5. The molecule has 0 spiro atoms. The van der Waals surface area contributed by atoms with Crippen LogP contribution in [0.25, 0.3) is 0 Å². The molecule has 0 fully saturated rings. The molecule has 3 rings (SSSR count). The Labute approximate surface area is 164 Å². The van der Waals surface area contributed by atoms with Gasteiger partial charge in [-0.25, -0.2) is 4.79 Å². The zero-order valence-corrected chi connectivity index (χ0v) is 16.9. The van der Waals surface area contributed by atoms with Crippen LogP contribution < -0.4 is 5.32 Å². The number of fused-ring (bicyclic) bond motifs is 1. The quantitative estimate of drug-likeness (QED) is 0.774. The van der Waals surface area contributed by atoms with Crippen LogP contribution in [0.15, 0.2) is 18.2 Å². The van der Waals surface area contributed by atoms with E-state index in [2.05, 4.69) is 10.4 Å². The number of amides is 2. The van der Waals surface area contributed by atoms with Crippen LogP contribution in [-0.2, 0) is 24.8 Å². The van der Waals surface area contributed by atoms with Crippen LogP contribution in [0.1, 0.15) is 48.1 Å². The number of nitrogens with one attached hydrogen (secondary N) is 1.